The maximum Gasteiger partial charge on any atom is 0.151 e. The SMILES string of the molecule is Cc1ccccc1C1CCc2cc(OC3CCC(NC4CCS(=O)(=O)C4)CC3)ccc2O1. The zero-order valence-electron chi connectivity index (χ0n) is 18.8. The summed E-state index contributed by atoms with van der Waals surface area (Å²) in [5.41, 5.74) is 3.78. The fourth-order valence-electron chi connectivity index (χ4n) is 5.40. The predicted molar refractivity (Wildman–Crippen MR) is 126 cm³/mol. The minimum atomic E-state index is -2.82. The van der Waals surface area contributed by atoms with E-state index in [1.165, 1.54) is 16.7 Å². The molecule has 2 heterocycles. The Morgan fingerprint density at radius 1 is 0.969 bits per heavy atom. The third-order valence-electron chi connectivity index (χ3n) is 7.19. The molecule has 172 valence electrons. The second-order valence-corrected chi connectivity index (χ2v) is 11.9. The summed E-state index contributed by atoms with van der Waals surface area (Å²) in [5, 5.41) is 3.57. The molecule has 6 heteroatoms. The average Bonchev–Trinajstić information content (AvgIpc) is 3.13. The quantitative estimate of drug-likeness (QED) is 0.718. The first kappa shape index (κ1) is 21.8. The van der Waals surface area contributed by atoms with Crippen LogP contribution in [0.4, 0.5) is 0 Å². The van der Waals surface area contributed by atoms with E-state index >= 15 is 0 Å². The summed E-state index contributed by atoms with van der Waals surface area (Å²) in [6.45, 7) is 2.14. The Morgan fingerprint density at radius 2 is 1.78 bits per heavy atom. The molecule has 32 heavy (non-hydrogen) atoms. The molecule has 1 saturated heterocycles. The lowest BCUT2D eigenvalue weighted by Crippen LogP contribution is -2.42. The van der Waals surface area contributed by atoms with Gasteiger partial charge in [-0.2, -0.15) is 0 Å². The van der Waals surface area contributed by atoms with E-state index in [1.54, 1.807) is 0 Å². The first-order valence-electron chi connectivity index (χ1n) is 11.9. The van der Waals surface area contributed by atoms with Gasteiger partial charge in [0.1, 0.15) is 17.6 Å². The van der Waals surface area contributed by atoms with Gasteiger partial charge in [0, 0.05) is 12.1 Å². The average molecular weight is 456 g/mol. The molecule has 2 aromatic rings. The Bertz CT molecular complexity index is 1060. The summed E-state index contributed by atoms with van der Waals surface area (Å²) < 4.78 is 36.0. The van der Waals surface area contributed by atoms with E-state index in [4.69, 9.17) is 9.47 Å². The number of rotatable bonds is 5. The van der Waals surface area contributed by atoms with Crippen LogP contribution in [0.2, 0.25) is 0 Å². The van der Waals surface area contributed by atoms with Gasteiger partial charge in [-0.1, -0.05) is 24.3 Å². The Morgan fingerprint density at radius 3 is 2.53 bits per heavy atom. The van der Waals surface area contributed by atoms with Crippen LogP contribution in [-0.4, -0.2) is 38.1 Å². The molecule has 5 rings (SSSR count). The summed E-state index contributed by atoms with van der Waals surface area (Å²) in [6, 6.07) is 15.2. The van der Waals surface area contributed by atoms with E-state index in [9.17, 15) is 8.42 Å². The van der Waals surface area contributed by atoms with Crippen molar-refractivity contribution in [3.8, 4) is 11.5 Å². The number of hydrogen-bond acceptors (Lipinski definition) is 5. The summed E-state index contributed by atoms with van der Waals surface area (Å²) in [6.07, 6.45) is 7.14. The lowest BCUT2D eigenvalue weighted by Gasteiger charge is -2.32. The number of nitrogens with one attached hydrogen (secondary N) is 1. The van der Waals surface area contributed by atoms with Crippen LogP contribution in [0.1, 0.15) is 61.3 Å². The van der Waals surface area contributed by atoms with Gasteiger partial charge >= 0.3 is 0 Å². The number of fused-ring (bicyclic) bond motifs is 1. The molecule has 3 aliphatic rings. The Hall–Kier alpha value is -2.05. The number of ether oxygens (including phenoxy) is 2. The highest BCUT2D eigenvalue weighted by Gasteiger charge is 2.31. The van der Waals surface area contributed by atoms with Crippen molar-refractivity contribution in [2.75, 3.05) is 11.5 Å². The molecule has 2 fully saturated rings. The van der Waals surface area contributed by atoms with E-state index in [-0.39, 0.29) is 18.2 Å². The first-order chi connectivity index (χ1) is 15.4. The zero-order valence-corrected chi connectivity index (χ0v) is 19.6. The molecule has 1 saturated carbocycles. The lowest BCUT2D eigenvalue weighted by molar-refractivity contribution is 0.136. The van der Waals surface area contributed by atoms with Gasteiger partial charge in [-0.3, -0.25) is 0 Å². The molecule has 5 nitrogen and oxygen atoms in total. The highest BCUT2D eigenvalue weighted by atomic mass is 32.2. The second-order valence-electron chi connectivity index (χ2n) is 9.63. The van der Waals surface area contributed by atoms with E-state index in [2.05, 4.69) is 48.6 Å². The molecule has 2 aliphatic heterocycles. The minimum absolute atomic E-state index is 0.119. The molecule has 0 aromatic heterocycles. The zero-order chi connectivity index (χ0) is 22.1. The minimum Gasteiger partial charge on any atom is -0.490 e. The van der Waals surface area contributed by atoms with Gasteiger partial charge < -0.3 is 14.8 Å². The van der Waals surface area contributed by atoms with Crippen LogP contribution in [-0.2, 0) is 16.3 Å². The maximum absolute atomic E-state index is 11.7. The second kappa shape index (κ2) is 9.06. The molecule has 2 unspecified atom stereocenters. The lowest BCUT2D eigenvalue weighted by atomic mass is 9.92. The van der Waals surface area contributed by atoms with Gasteiger partial charge in [0.25, 0.3) is 0 Å². The van der Waals surface area contributed by atoms with E-state index in [0.717, 1.165) is 56.4 Å². The third kappa shape index (κ3) is 4.96. The van der Waals surface area contributed by atoms with Crippen molar-refractivity contribution in [1.82, 2.24) is 5.32 Å². The third-order valence-corrected chi connectivity index (χ3v) is 8.96. The van der Waals surface area contributed by atoms with Gasteiger partial charge in [0.05, 0.1) is 17.6 Å². The largest absolute Gasteiger partial charge is 0.490 e. The summed E-state index contributed by atoms with van der Waals surface area (Å²) >= 11 is 0. The Labute approximate surface area is 191 Å². The number of hydrogen-bond donors (Lipinski definition) is 1. The van der Waals surface area contributed by atoms with Gasteiger partial charge in [-0.15, -0.1) is 0 Å². The Kier molecular flexibility index (Phi) is 6.17. The van der Waals surface area contributed by atoms with Crippen molar-refractivity contribution < 1.29 is 17.9 Å². The topological polar surface area (TPSA) is 64.6 Å². The van der Waals surface area contributed by atoms with E-state index < -0.39 is 9.84 Å². The van der Waals surface area contributed by atoms with E-state index in [0.29, 0.717) is 17.5 Å². The standard InChI is InChI=1S/C26H33NO4S/c1-18-4-2-3-5-24(18)26-12-6-19-16-23(11-13-25(19)31-26)30-22-9-7-20(8-10-22)27-21-14-15-32(28,29)17-21/h2-5,11,13,16,20-22,26-27H,6-10,12,14-15,17H2,1H3. The van der Waals surface area contributed by atoms with Crippen LogP contribution in [0.5, 0.6) is 11.5 Å². The van der Waals surface area contributed by atoms with Crippen LogP contribution >= 0.6 is 0 Å². The van der Waals surface area contributed by atoms with Crippen molar-refractivity contribution in [3.05, 3.63) is 59.2 Å². The van der Waals surface area contributed by atoms with Crippen molar-refractivity contribution in [1.29, 1.82) is 0 Å². The normalized spacial score (nSPS) is 29.2. The fraction of sp³-hybridized carbons (Fsp3) is 0.538. The van der Waals surface area contributed by atoms with Crippen LogP contribution in [0, 0.1) is 6.92 Å². The number of benzene rings is 2. The van der Waals surface area contributed by atoms with Crippen molar-refractivity contribution in [2.24, 2.45) is 0 Å². The van der Waals surface area contributed by atoms with Gasteiger partial charge in [-0.05, 0) is 86.8 Å². The molecule has 1 aliphatic carbocycles. The molecule has 2 aromatic carbocycles. The molecular weight excluding hydrogens is 422 g/mol. The number of aryl methyl sites for hydroxylation is 2. The molecule has 2 atom stereocenters. The highest BCUT2D eigenvalue weighted by Crippen LogP contribution is 2.38. The first-order valence-corrected chi connectivity index (χ1v) is 13.8. The van der Waals surface area contributed by atoms with Crippen molar-refractivity contribution >= 4 is 9.84 Å². The van der Waals surface area contributed by atoms with Crippen LogP contribution in [0.3, 0.4) is 0 Å². The van der Waals surface area contributed by atoms with Gasteiger partial charge in [0.15, 0.2) is 9.84 Å². The summed E-state index contributed by atoms with van der Waals surface area (Å²) in [5.74, 6) is 2.53. The number of sulfone groups is 1. The van der Waals surface area contributed by atoms with Gasteiger partial charge in [-0.25, -0.2) is 8.42 Å². The molecule has 0 spiro atoms. The monoisotopic (exact) mass is 455 g/mol. The molecular formula is C26H33NO4S. The van der Waals surface area contributed by atoms with E-state index in [1.807, 2.05) is 6.07 Å². The van der Waals surface area contributed by atoms with Crippen LogP contribution < -0.4 is 14.8 Å². The molecule has 0 amide bonds. The van der Waals surface area contributed by atoms with Crippen LogP contribution in [0.15, 0.2) is 42.5 Å². The summed E-state index contributed by atoms with van der Waals surface area (Å²) in [4.78, 5) is 0. The van der Waals surface area contributed by atoms with Gasteiger partial charge in [0.2, 0.25) is 0 Å². The fourth-order valence-corrected chi connectivity index (χ4v) is 7.09. The molecule has 0 bridgehead atoms. The smallest absolute Gasteiger partial charge is 0.151 e. The van der Waals surface area contributed by atoms with Crippen molar-refractivity contribution in [3.63, 3.8) is 0 Å². The maximum atomic E-state index is 11.7. The molecule has 1 N–H and O–H groups in total. The summed E-state index contributed by atoms with van der Waals surface area (Å²) in [7, 11) is -2.82. The van der Waals surface area contributed by atoms with Crippen LogP contribution in [0.25, 0.3) is 0 Å². The Balaban J connectivity index is 1.14. The van der Waals surface area contributed by atoms with Crippen molar-refractivity contribution in [2.45, 2.75) is 76.2 Å². The molecule has 0 radical (unpaired) electrons. The highest BCUT2D eigenvalue weighted by molar-refractivity contribution is 7.91. The predicted octanol–water partition coefficient (Wildman–Crippen LogP) is 4.53.